The van der Waals surface area contributed by atoms with Gasteiger partial charge in [0.1, 0.15) is 5.60 Å². The fraction of sp³-hybridized carbons (Fsp3) is 0.476. The third-order valence-electron chi connectivity index (χ3n) is 5.48. The molecule has 7 nitrogen and oxygen atoms in total. The molecule has 0 bridgehead atoms. The van der Waals surface area contributed by atoms with Crippen LogP contribution in [-0.2, 0) is 20.7 Å². The molecule has 2 aliphatic heterocycles. The number of thiophene rings is 1. The molecule has 1 N–H and O–H groups in total. The Kier molecular flexibility index (Phi) is 7.90. The van der Waals surface area contributed by atoms with Gasteiger partial charge in [-0.25, -0.2) is 14.2 Å². The maximum atomic E-state index is 13.6. The summed E-state index contributed by atoms with van der Waals surface area (Å²) in [6.45, 7) is 2.37. The molecular formula is C21H22F4N2O5S. The lowest BCUT2D eigenvalue weighted by molar-refractivity contribution is -0.192. The van der Waals surface area contributed by atoms with Gasteiger partial charge in [-0.15, -0.1) is 0 Å². The van der Waals surface area contributed by atoms with Crippen molar-refractivity contribution in [3.63, 3.8) is 0 Å². The molecule has 1 amide bonds. The highest BCUT2D eigenvalue weighted by molar-refractivity contribution is 7.08. The van der Waals surface area contributed by atoms with Crippen LogP contribution in [0.4, 0.5) is 17.6 Å². The van der Waals surface area contributed by atoms with E-state index in [0.717, 1.165) is 18.4 Å². The number of ether oxygens (including phenoxy) is 2. The van der Waals surface area contributed by atoms with Gasteiger partial charge in [-0.1, -0.05) is 0 Å². The number of carboxylic acid groups (broad SMARTS) is 1. The van der Waals surface area contributed by atoms with E-state index in [2.05, 4.69) is 4.98 Å². The number of hydrogen-bond acceptors (Lipinski definition) is 6. The second-order valence-corrected chi connectivity index (χ2v) is 8.47. The van der Waals surface area contributed by atoms with E-state index in [0.29, 0.717) is 38.6 Å². The van der Waals surface area contributed by atoms with Gasteiger partial charge in [-0.05, 0) is 53.3 Å². The van der Waals surface area contributed by atoms with Crippen molar-refractivity contribution < 1.29 is 41.7 Å². The Balaban J connectivity index is 0.000000383. The van der Waals surface area contributed by atoms with E-state index in [9.17, 15) is 22.4 Å². The van der Waals surface area contributed by atoms with Gasteiger partial charge in [-0.3, -0.25) is 4.79 Å². The predicted octanol–water partition coefficient (Wildman–Crippen LogP) is 3.54. The van der Waals surface area contributed by atoms with Gasteiger partial charge in [0.05, 0.1) is 26.1 Å². The summed E-state index contributed by atoms with van der Waals surface area (Å²) in [5.74, 6) is -2.69. The van der Waals surface area contributed by atoms with Gasteiger partial charge in [0, 0.05) is 12.8 Å². The van der Waals surface area contributed by atoms with E-state index in [1.807, 2.05) is 21.7 Å². The highest BCUT2D eigenvalue weighted by Crippen LogP contribution is 2.42. The van der Waals surface area contributed by atoms with Crippen LogP contribution in [0, 0.1) is 11.7 Å². The van der Waals surface area contributed by atoms with Gasteiger partial charge in [0.15, 0.2) is 5.82 Å². The lowest BCUT2D eigenvalue weighted by Gasteiger charge is -2.50. The van der Waals surface area contributed by atoms with Crippen molar-refractivity contribution in [1.82, 2.24) is 9.88 Å². The molecule has 0 saturated carbocycles. The number of aliphatic carboxylic acids is 1. The number of halogens is 4. The van der Waals surface area contributed by atoms with Crippen molar-refractivity contribution in [2.45, 2.75) is 31.0 Å². The molecule has 2 saturated heterocycles. The van der Waals surface area contributed by atoms with Crippen LogP contribution in [0.5, 0.6) is 5.88 Å². The zero-order valence-electron chi connectivity index (χ0n) is 17.4. The van der Waals surface area contributed by atoms with Gasteiger partial charge >= 0.3 is 12.1 Å². The van der Waals surface area contributed by atoms with Crippen molar-refractivity contribution in [1.29, 1.82) is 0 Å². The molecule has 1 spiro atoms. The number of carbonyl (C=O) groups excluding carboxylic acids is 1. The first-order chi connectivity index (χ1) is 15.6. The monoisotopic (exact) mass is 490 g/mol. The van der Waals surface area contributed by atoms with Crippen molar-refractivity contribution >= 4 is 23.2 Å². The molecule has 1 atom stereocenters. The Morgan fingerprint density at radius 2 is 2.06 bits per heavy atom. The molecule has 2 aromatic heterocycles. The van der Waals surface area contributed by atoms with E-state index >= 15 is 0 Å². The summed E-state index contributed by atoms with van der Waals surface area (Å²) in [5.41, 5.74) is 0.812. The molecule has 0 radical (unpaired) electrons. The number of amides is 1. The van der Waals surface area contributed by atoms with Crippen molar-refractivity contribution in [2.75, 3.05) is 26.3 Å². The topological polar surface area (TPSA) is 89.0 Å². The summed E-state index contributed by atoms with van der Waals surface area (Å²) in [6, 6.07) is 4.87. The summed E-state index contributed by atoms with van der Waals surface area (Å²) < 4.78 is 56.8. The van der Waals surface area contributed by atoms with E-state index in [1.165, 1.54) is 18.3 Å². The summed E-state index contributed by atoms with van der Waals surface area (Å²) in [7, 11) is 0. The molecule has 12 heteroatoms. The Morgan fingerprint density at radius 1 is 1.33 bits per heavy atom. The standard InChI is InChI=1S/C19H21FN2O3S.C2HF3O2/c20-16-2-1-6-21-18(16)24-7-3-15-4-8-25-19(15)12-22(13-19)17(23)10-14-5-9-26-11-14;3-2(4,5)1(6)7/h1-2,5-6,9,11,15H,3-4,7-8,10,12-13H2;(H,6,7). The van der Waals surface area contributed by atoms with Crippen LogP contribution in [0.1, 0.15) is 18.4 Å². The number of likely N-dealkylation sites (tertiary alicyclic amines) is 1. The SMILES string of the molecule is O=C(Cc1ccsc1)N1CC2(C1)OCCC2CCOc1ncccc1F.O=C(O)C(F)(F)F. The van der Waals surface area contributed by atoms with E-state index < -0.39 is 18.0 Å². The van der Waals surface area contributed by atoms with E-state index in [-0.39, 0.29) is 17.4 Å². The van der Waals surface area contributed by atoms with Crippen LogP contribution >= 0.6 is 11.3 Å². The van der Waals surface area contributed by atoms with Crippen molar-refractivity contribution in [3.05, 3.63) is 46.5 Å². The van der Waals surface area contributed by atoms with Crippen LogP contribution < -0.4 is 4.74 Å². The number of carbonyl (C=O) groups is 2. The van der Waals surface area contributed by atoms with Crippen LogP contribution in [0.25, 0.3) is 0 Å². The second-order valence-electron chi connectivity index (χ2n) is 7.69. The van der Waals surface area contributed by atoms with Crippen LogP contribution in [0.15, 0.2) is 35.2 Å². The van der Waals surface area contributed by atoms with E-state index in [4.69, 9.17) is 19.4 Å². The second kappa shape index (κ2) is 10.5. The Hall–Kier alpha value is -2.73. The zero-order valence-corrected chi connectivity index (χ0v) is 18.2. The van der Waals surface area contributed by atoms with Crippen LogP contribution in [-0.4, -0.2) is 64.9 Å². The average molecular weight is 490 g/mol. The number of pyridine rings is 1. The summed E-state index contributed by atoms with van der Waals surface area (Å²) in [4.78, 5) is 27.0. The first-order valence-electron chi connectivity index (χ1n) is 10.1. The van der Waals surface area contributed by atoms with Crippen molar-refractivity contribution in [3.8, 4) is 5.88 Å². The van der Waals surface area contributed by atoms with Crippen molar-refractivity contribution in [2.24, 2.45) is 5.92 Å². The Labute approximate surface area is 190 Å². The molecular weight excluding hydrogens is 468 g/mol. The van der Waals surface area contributed by atoms with Crippen LogP contribution in [0.3, 0.4) is 0 Å². The number of carboxylic acids is 1. The first kappa shape index (κ1) is 24.9. The molecule has 4 heterocycles. The fourth-order valence-electron chi connectivity index (χ4n) is 3.77. The molecule has 4 rings (SSSR count). The van der Waals surface area contributed by atoms with Gasteiger partial charge < -0.3 is 19.5 Å². The average Bonchev–Trinajstić information content (AvgIpc) is 3.38. The largest absolute Gasteiger partial charge is 0.490 e. The highest BCUT2D eigenvalue weighted by Gasteiger charge is 2.54. The number of aromatic nitrogens is 1. The number of nitrogens with zero attached hydrogens (tertiary/aromatic N) is 2. The van der Waals surface area contributed by atoms with Crippen LogP contribution in [0.2, 0.25) is 0 Å². The minimum absolute atomic E-state index is 0.0432. The smallest absolute Gasteiger partial charge is 0.476 e. The number of alkyl halides is 3. The molecule has 0 aliphatic carbocycles. The molecule has 2 aliphatic rings. The summed E-state index contributed by atoms with van der Waals surface area (Å²) in [6.07, 6.45) is -1.41. The minimum Gasteiger partial charge on any atom is -0.476 e. The first-order valence-corrected chi connectivity index (χ1v) is 11.0. The summed E-state index contributed by atoms with van der Waals surface area (Å²) in [5, 5.41) is 11.1. The predicted molar refractivity (Wildman–Crippen MR) is 109 cm³/mol. The lowest BCUT2D eigenvalue weighted by atomic mass is 9.79. The number of rotatable bonds is 6. The maximum Gasteiger partial charge on any atom is 0.490 e. The Morgan fingerprint density at radius 3 is 2.67 bits per heavy atom. The molecule has 2 aromatic rings. The minimum atomic E-state index is -5.08. The van der Waals surface area contributed by atoms with E-state index in [1.54, 1.807) is 11.3 Å². The molecule has 33 heavy (non-hydrogen) atoms. The highest BCUT2D eigenvalue weighted by atomic mass is 32.1. The third-order valence-corrected chi connectivity index (χ3v) is 6.21. The molecule has 2 fully saturated rings. The number of hydrogen-bond donors (Lipinski definition) is 1. The quantitative estimate of drug-likeness (QED) is 0.624. The zero-order chi connectivity index (χ0) is 24.1. The molecule has 0 aromatic carbocycles. The summed E-state index contributed by atoms with van der Waals surface area (Å²) >= 11 is 1.61. The molecule has 180 valence electrons. The normalized spacial score (nSPS) is 18.9. The lowest BCUT2D eigenvalue weighted by Crippen LogP contribution is -2.66. The van der Waals surface area contributed by atoms with Gasteiger partial charge in [0.25, 0.3) is 0 Å². The van der Waals surface area contributed by atoms with Gasteiger partial charge in [-0.2, -0.15) is 24.5 Å². The third kappa shape index (κ3) is 6.41. The maximum absolute atomic E-state index is 13.6. The van der Waals surface area contributed by atoms with Gasteiger partial charge in [0.2, 0.25) is 11.8 Å². The fourth-order valence-corrected chi connectivity index (χ4v) is 4.44. The molecule has 1 unspecified atom stereocenters. The Bertz CT molecular complexity index is 948.